The Kier molecular flexibility index (Phi) is 5.77. The van der Waals surface area contributed by atoms with E-state index in [2.05, 4.69) is 34.6 Å². The fraction of sp³-hybridized carbons (Fsp3) is 1.00. The van der Waals surface area contributed by atoms with Gasteiger partial charge in [0.25, 0.3) is 0 Å². The highest BCUT2D eigenvalue weighted by molar-refractivity contribution is 5.09. The molecule has 0 nitrogen and oxygen atoms in total. The molecule has 6 unspecified atom stereocenters. The summed E-state index contributed by atoms with van der Waals surface area (Å²) in [6.07, 6.45) is 19.9. The van der Waals surface area contributed by atoms with Crippen molar-refractivity contribution in [1.29, 1.82) is 0 Å². The Morgan fingerprint density at radius 1 is 0.741 bits per heavy atom. The van der Waals surface area contributed by atoms with Gasteiger partial charge in [-0.3, -0.25) is 0 Å². The van der Waals surface area contributed by atoms with E-state index in [1.807, 2.05) is 0 Å². The standard InChI is InChI=1S/C27H48/c1-19(2)9-8-10-20(3)23-14-15-24-22-13-12-21-11-6-7-17-26(21,4)25(22)16-18-27(23,24)5/h19-25H,6-18H2,1-5H3/t20?,21?,22-,23?,24?,25?,26?,27+/m0/s1. The Morgan fingerprint density at radius 2 is 1.52 bits per heavy atom. The second-order valence-electron chi connectivity index (χ2n) is 12.4. The van der Waals surface area contributed by atoms with Crippen molar-refractivity contribution in [1.82, 2.24) is 0 Å². The Hall–Kier alpha value is 0. The average molecular weight is 373 g/mol. The van der Waals surface area contributed by atoms with Crippen LogP contribution in [0.25, 0.3) is 0 Å². The molecule has 0 aromatic rings. The fourth-order valence-electron chi connectivity index (χ4n) is 9.32. The molecule has 156 valence electrons. The molecular weight excluding hydrogens is 324 g/mol. The third kappa shape index (κ3) is 3.44. The van der Waals surface area contributed by atoms with E-state index >= 15 is 0 Å². The Labute approximate surface area is 170 Å². The van der Waals surface area contributed by atoms with Gasteiger partial charge in [-0.05, 0) is 104 Å². The predicted octanol–water partition coefficient (Wildman–Crippen LogP) is 8.50. The minimum atomic E-state index is 0.677. The summed E-state index contributed by atoms with van der Waals surface area (Å²) in [5, 5.41) is 0. The first kappa shape index (κ1) is 20.3. The molecule has 0 spiro atoms. The minimum Gasteiger partial charge on any atom is -0.0628 e. The Balaban J connectivity index is 1.46. The van der Waals surface area contributed by atoms with Crippen molar-refractivity contribution < 1.29 is 0 Å². The Morgan fingerprint density at radius 3 is 2.30 bits per heavy atom. The first-order valence-electron chi connectivity index (χ1n) is 12.9. The van der Waals surface area contributed by atoms with Crippen LogP contribution in [0.3, 0.4) is 0 Å². The molecule has 0 radical (unpaired) electrons. The van der Waals surface area contributed by atoms with Crippen LogP contribution in [0.1, 0.15) is 118 Å². The van der Waals surface area contributed by atoms with Crippen LogP contribution in [0, 0.1) is 52.3 Å². The summed E-state index contributed by atoms with van der Waals surface area (Å²) >= 11 is 0. The normalized spacial score (nSPS) is 48.0. The van der Waals surface area contributed by atoms with E-state index < -0.39 is 0 Å². The van der Waals surface area contributed by atoms with Crippen molar-refractivity contribution in [3.05, 3.63) is 0 Å². The van der Waals surface area contributed by atoms with Gasteiger partial charge in [0.2, 0.25) is 0 Å². The van der Waals surface area contributed by atoms with Crippen molar-refractivity contribution in [2.45, 2.75) is 118 Å². The predicted molar refractivity (Wildman–Crippen MR) is 118 cm³/mol. The van der Waals surface area contributed by atoms with Crippen LogP contribution in [-0.2, 0) is 0 Å². The molecule has 0 aromatic carbocycles. The zero-order valence-electron chi connectivity index (χ0n) is 19.2. The number of rotatable bonds is 5. The molecule has 8 atom stereocenters. The lowest BCUT2D eigenvalue weighted by Gasteiger charge is -2.61. The third-order valence-corrected chi connectivity index (χ3v) is 10.8. The summed E-state index contributed by atoms with van der Waals surface area (Å²) in [7, 11) is 0. The molecule has 0 N–H and O–H groups in total. The summed E-state index contributed by atoms with van der Waals surface area (Å²) in [4.78, 5) is 0. The SMILES string of the molecule is CC(C)CCCC(C)C1CCC2[C@@H]3CCC4CCCCC4(C)C3CC[C@]12C. The highest BCUT2D eigenvalue weighted by atomic mass is 14.6. The van der Waals surface area contributed by atoms with Gasteiger partial charge in [-0.25, -0.2) is 0 Å². The van der Waals surface area contributed by atoms with E-state index in [1.54, 1.807) is 51.4 Å². The van der Waals surface area contributed by atoms with Crippen LogP contribution in [0.4, 0.5) is 0 Å². The molecule has 0 saturated heterocycles. The monoisotopic (exact) mass is 372 g/mol. The molecule has 27 heavy (non-hydrogen) atoms. The van der Waals surface area contributed by atoms with Gasteiger partial charge in [0, 0.05) is 0 Å². The summed E-state index contributed by atoms with van der Waals surface area (Å²) in [5.74, 6) is 7.15. The average Bonchev–Trinajstić information content (AvgIpc) is 2.98. The highest BCUT2D eigenvalue weighted by Gasteiger charge is 2.59. The second-order valence-corrected chi connectivity index (χ2v) is 12.4. The van der Waals surface area contributed by atoms with Gasteiger partial charge in [0.1, 0.15) is 0 Å². The maximum atomic E-state index is 2.75. The highest BCUT2D eigenvalue weighted by Crippen LogP contribution is 2.68. The molecule has 0 heterocycles. The van der Waals surface area contributed by atoms with Gasteiger partial charge in [-0.15, -0.1) is 0 Å². The van der Waals surface area contributed by atoms with Crippen LogP contribution < -0.4 is 0 Å². The molecule has 0 aromatic heterocycles. The van der Waals surface area contributed by atoms with E-state index in [-0.39, 0.29) is 0 Å². The smallest absolute Gasteiger partial charge is 0.0264 e. The summed E-state index contributed by atoms with van der Waals surface area (Å²) in [6, 6.07) is 0. The van der Waals surface area contributed by atoms with Crippen molar-refractivity contribution in [3.8, 4) is 0 Å². The molecule has 4 aliphatic carbocycles. The molecule has 0 aliphatic heterocycles. The van der Waals surface area contributed by atoms with Crippen LogP contribution in [0.15, 0.2) is 0 Å². The number of fused-ring (bicyclic) bond motifs is 5. The molecule has 4 aliphatic rings. The first-order chi connectivity index (χ1) is 12.9. The summed E-state index contributed by atoms with van der Waals surface area (Å²) < 4.78 is 0. The third-order valence-electron chi connectivity index (χ3n) is 10.8. The molecule has 4 fully saturated rings. The van der Waals surface area contributed by atoms with Crippen LogP contribution in [0.2, 0.25) is 0 Å². The minimum absolute atomic E-state index is 0.677. The number of hydrogen-bond donors (Lipinski definition) is 0. The van der Waals surface area contributed by atoms with Gasteiger partial charge in [0.15, 0.2) is 0 Å². The van der Waals surface area contributed by atoms with Crippen molar-refractivity contribution in [2.24, 2.45) is 52.3 Å². The molecular formula is C27H48. The molecule has 4 rings (SSSR count). The molecule has 0 bridgehead atoms. The van der Waals surface area contributed by atoms with Crippen molar-refractivity contribution >= 4 is 0 Å². The molecule has 4 saturated carbocycles. The van der Waals surface area contributed by atoms with Gasteiger partial charge < -0.3 is 0 Å². The van der Waals surface area contributed by atoms with E-state index in [1.165, 1.54) is 32.1 Å². The van der Waals surface area contributed by atoms with E-state index in [0.717, 1.165) is 41.4 Å². The largest absolute Gasteiger partial charge is 0.0628 e. The number of hydrogen-bond acceptors (Lipinski definition) is 0. The Bertz CT molecular complexity index is 506. The van der Waals surface area contributed by atoms with Crippen LogP contribution in [-0.4, -0.2) is 0 Å². The maximum Gasteiger partial charge on any atom is -0.0264 e. The van der Waals surface area contributed by atoms with Crippen molar-refractivity contribution in [2.75, 3.05) is 0 Å². The molecule has 0 amide bonds. The lowest BCUT2D eigenvalue weighted by atomic mass is 9.44. The fourth-order valence-corrected chi connectivity index (χ4v) is 9.32. The van der Waals surface area contributed by atoms with Crippen molar-refractivity contribution in [3.63, 3.8) is 0 Å². The van der Waals surface area contributed by atoms with E-state index in [9.17, 15) is 0 Å². The summed E-state index contributed by atoms with van der Waals surface area (Å²) in [5.41, 5.74) is 1.39. The second kappa shape index (κ2) is 7.68. The van der Waals surface area contributed by atoms with Gasteiger partial charge >= 0.3 is 0 Å². The van der Waals surface area contributed by atoms with Crippen LogP contribution in [0.5, 0.6) is 0 Å². The van der Waals surface area contributed by atoms with Crippen LogP contribution >= 0.6 is 0 Å². The topological polar surface area (TPSA) is 0 Å². The first-order valence-corrected chi connectivity index (χ1v) is 12.9. The van der Waals surface area contributed by atoms with E-state index in [4.69, 9.17) is 0 Å². The zero-order chi connectivity index (χ0) is 19.2. The quantitative estimate of drug-likeness (QED) is 0.453. The van der Waals surface area contributed by atoms with Gasteiger partial charge in [-0.2, -0.15) is 0 Å². The lowest BCUT2D eigenvalue weighted by Crippen LogP contribution is -2.53. The molecule has 0 heteroatoms. The lowest BCUT2D eigenvalue weighted by molar-refractivity contribution is -0.114. The van der Waals surface area contributed by atoms with Gasteiger partial charge in [-0.1, -0.05) is 66.7 Å². The van der Waals surface area contributed by atoms with Gasteiger partial charge in [0.05, 0.1) is 0 Å². The zero-order valence-corrected chi connectivity index (χ0v) is 19.2. The summed E-state index contributed by atoms with van der Waals surface area (Å²) in [6.45, 7) is 12.9. The van der Waals surface area contributed by atoms with E-state index in [0.29, 0.717) is 10.8 Å². The maximum absolute atomic E-state index is 2.75.